The molecule has 1 aromatic rings. The molecule has 9 heteroatoms. The van der Waals surface area contributed by atoms with Gasteiger partial charge in [-0.05, 0) is 33.1 Å². The van der Waals surface area contributed by atoms with Gasteiger partial charge >= 0.3 is 0 Å². The van der Waals surface area contributed by atoms with Crippen LogP contribution < -0.4 is 16.0 Å². The van der Waals surface area contributed by atoms with Crippen molar-refractivity contribution in [3.8, 4) is 0 Å². The number of allylic oxidation sites excluding steroid dienone is 1. The predicted octanol–water partition coefficient (Wildman–Crippen LogP) is 2.74. The molecule has 0 atom stereocenters. The van der Waals surface area contributed by atoms with E-state index in [1.807, 2.05) is 6.92 Å². The van der Waals surface area contributed by atoms with Crippen molar-refractivity contribution in [2.24, 2.45) is 0 Å². The Morgan fingerprint density at radius 1 is 1.35 bits per heavy atom. The van der Waals surface area contributed by atoms with E-state index < -0.39 is 0 Å². The summed E-state index contributed by atoms with van der Waals surface area (Å²) in [6, 6.07) is 0. The van der Waals surface area contributed by atoms with E-state index in [4.69, 9.17) is 26.5 Å². The van der Waals surface area contributed by atoms with Gasteiger partial charge in [0.2, 0.25) is 11.8 Å². The first kappa shape index (κ1) is 18.7. The van der Waals surface area contributed by atoms with Gasteiger partial charge in [-0.25, -0.2) is 4.98 Å². The first-order chi connectivity index (χ1) is 12.5. The number of halogens is 1. The van der Waals surface area contributed by atoms with Crippen LogP contribution in [0.1, 0.15) is 33.1 Å². The summed E-state index contributed by atoms with van der Waals surface area (Å²) in [6.45, 7) is 6.62. The van der Waals surface area contributed by atoms with E-state index in [0.717, 1.165) is 38.2 Å². The molecule has 1 aromatic heterocycles. The fourth-order valence-electron chi connectivity index (χ4n) is 2.97. The number of fused-ring (bicyclic) bond motifs is 2. The topological polar surface area (TPSA) is 104 Å². The predicted molar refractivity (Wildman–Crippen MR) is 102 cm³/mol. The van der Waals surface area contributed by atoms with Gasteiger partial charge in [-0.15, -0.1) is 0 Å². The van der Waals surface area contributed by atoms with Crippen molar-refractivity contribution in [3.63, 3.8) is 0 Å². The highest BCUT2D eigenvalue weighted by Crippen LogP contribution is 2.24. The Kier molecular flexibility index (Phi) is 5.83. The van der Waals surface area contributed by atoms with Crippen LogP contribution in [0.2, 0.25) is 5.02 Å². The Hall–Kier alpha value is -2.06. The molecule has 26 heavy (non-hydrogen) atoms. The molecule has 1 saturated heterocycles. The maximum absolute atomic E-state index is 8.33. The minimum Gasteiger partial charge on any atom is -0.476 e. The number of hydrogen-bond donors (Lipinski definition) is 4. The van der Waals surface area contributed by atoms with Gasteiger partial charge in [0, 0.05) is 31.0 Å². The monoisotopic (exact) mass is 380 g/mol. The van der Waals surface area contributed by atoms with E-state index in [9.17, 15) is 0 Å². The fourth-order valence-corrected chi connectivity index (χ4v) is 3.13. The van der Waals surface area contributed by atoms with Gasteiger partial charge in [0.25, 0.3) is 0 Å². The van der Waals surface area contributed by atoms with E-state index in [-0.39, 0.29) is 11.4 Å². The summed E-state index contributed by atoms with van der Waals surface area (Å²) in [6.07, 6.45) is 4.07. The fraction of sp³-hybridized carbons (Fsp3) is 0.588. The van der Waals surface area contributed by atoms with Crippen molar-refractivity contribution in [1.82, 2.24) is 15.3 Å². The molecule has 8 nitrogen and oxygen atoms in total. The highest BCUT2D eigenvalue weighted by Gasteiger charge is 2.28. The summed E-state index contributed by atoms with van der Waals surface area (Å²) in [5.41, 5.74) is 1.25. The summed E-state index contributed by atoms with van der Waals surface area (Å²) >= 11 is 6.14. The molecule has 4 N–H and O–H groups in total. The third kappa shape index (κ3) is 4.56. The second-order valence-corrected chi connectivity index (χ2v) is 7.18. The molecule has 0 radical (unpaired) electrons. The SMILES string of the molecule is C/C(NC1(C)CCOCC1)=C1\Nc2ncc(Cl)c(n2)NCCCOC1=N. The lowest BCUT2D eigenvalue weighted by atomic mass is 9.92. The van der Waals surface area contributed by atoms with E-state index in [2.05, 4.69) is 32.8 Å². The van der Waals surface area contributed by atoms with Crippen LogP contribution in [0.4, 0.5) is 11.8 Å². The summed E-state index contributed by atoms with van der Waals surface area (Å²) in [5, 5.41) is 18.6. The molecule has 0 aromatic carbocycles. The van der Waals surface area contributed by atoms with Crippen molar-refractivity contribution >= 4 is 29.3 Å². The summed E-state index contributed by atoms with van der Waals surface area (Å²) in [5.74, 6) is 0.993. The Balaban J connectivity index is 1.89. The molecule has 2 aliphatic rings. The molecule has 3 rings (SSSR count). The Morgan fingerprint density at radius 3 is 2.88 bits per heavy atom. The summed E-state index contributed by atoms with van der Waals surface area (Å²) < 4.78 is 11.1. The molecule has 142 valence electrons. The molecule has 0 unspecified atom stereocenters. The van der Waals surface area contributed by atoms with Crippen molar-refractivity contribution in [2.75, 3.05) is 37.0 Å². The molecule has 2 bridgehead atoms. The standard InChI is InChI=1S/C17H25ClN6O2/c1-11(24-17(2)4-8-25-9-5-17)13-14(19)26-7-3-6-20-15-12(18)10-21-16(22-13)23-15/h10,19,24H,3-9H2,1-2H3,(H2,20,21,22,23)/b13-11+,19-14?. The minimum atomic E-state index is -0.0862. The molecule has 0 aliphatic carbocycles. The van der Waals surface area contributed by atoms with Crippen molar-refractivity contribution in [2.45, 2.75) is 38.6 Å². The van der Waals surface area contributed by atoms with E-state index in [1.54, 1.807) is 6.20 Å². The maximum atomic E-state index is 8.33. The van der Waals surface area contributed by atoms with Crippen LogP contribution in [0.25, 0.3) is 0 Å². The smallest absolute Gasteiger partial charge is 0.232 e. The third-order valence-electron chi connectivity index (χ3n) is 4.53. The lowest BCUT2D eigenvalue weighted by Gasteiger charge is -2.36. The van der Waals surface area contributed by atoms with Gasteiger partial charge in [0.15, 0.2) is 5.82 Å². The zero-order valence-corrected chi connectivity index (χ0v) is 15.9. The van der Waals surface area contributed by atoms with Gasteiger partial charge < -0.3 is 25.4 Å². The number of rotatable bonds is 2. The summed E-state index contributed by atoms with van der Waals surface area (Å²) in [4.78, 5) is 8.62. The second kappa shape index (κ2) is 8.09. The number of ether oxygens (including phenoxy) is 2. The van der Waals surface area contributed by atoms with Gasteiger partial charge in [0.05, 0.1) is 12.8 Å². The number of nitrogens with zero attached hydrogens (tertiary/aromatic N) is 2. The molecule has 0 saturated carbocycles. The van der Waals surface area contributed by atoms with Crippen LogP contribution in [0, 0.1) is 5.41 Å². The van der Waals surface area contributed by atoms with Crippen LogP contribution in [-0.4, -0.2) is 47.8 Å². The van der Waals surface area contributed by atoms with Crippen LogP contribution in [0.3, 0.4) is 0 Å². The Bertz CT molecular complexity index is 702. The maximum Gasteiger partial charge on any atom is 0.232 e. The molecular formula is C17H25ClN6O2. The normalized spacial score (nSPS) is 22.2. The van der Waals surface area contributed by atoms with E-state index in [0.29, 0.717) is 35.6 Å². The van der Waals surface area contributed by atoms with Gasteiger partial charge in [-0.2, -0.15) is 4.98 Å². The highest BCUT2D eigenvalue weighted by molar-refractivity contribution is 6.32. The second-order valence-electron chi connectivity index (χ2n) is 6.77. The average Bonchev–Trinajstić information content (AvgIpc) is 2.63. The minimum absolute atomic E-state index is 0.0626. The lowest BCUT2D eigenvalue weighted by Crippen LogP contribution is -2.46. The third-order valence-corrected chi connectivity index (χ3v) is 4.81. The first-order valence-corrected chi connectivity index (χ1v) is 9.17. The lowest BCUT2D eigenvalue weighted by molar-refractivity contribution is 0.0490. The summed E-state index contributed by atoms with van der Waals surface area (Å²) in [7, 11) is 0. The van der Waals surface area contributed by atoms with Crippen molar-refractivity contribution in [3.05, 3.63) is 22.6 Å². The quantitative estimate of drug-likeness (QED) is 0.625. The number of nitrogens with one attached hydrogen (secondary N) is 4. The Morgan fingerprint density at radius 2 is 2.12 bits per heavy atom. The number of anilines is 2. The van der Waals surface area contributed by atoms with Gasteiger partial charge in [-0.1, -0.05) is 11.6 Å². The van der Waals surface area contributed by atoms with Crippen molar-refractivity contribution < 1.29 is 9.47 Å². The first-order valence-electron chi connectivity index (χ1n) is 8.79. The zero-order valence-electron chi connectivity index (χ0n) is 15.1. The van der Waals surface area contributed by atoms with Gasteiger partial charge in [0.1, 0.15) is 10.7 Å². The van der Waals surface area contributed by atoms with Crippen LogP contribution in [0.15, 0.2) is 17.6 Å². The molecule has 2 aliphatic heterocycles. The highest BCUT2D eigenvalue weighted by atomic mass is 35.5. The molecule has 0 amide bonds. The number of hydrogen-bond acceptors (Lipinski definition) is 8. The van der Waals surface area contributed by atoms with Crippen LogP contribution in [0.5, 0.6) is 0 Å². The number of aromatic nitrogens is 2. The molecule has 0 spiro atoms. The zero-order chi connectivity index (χ0) is 18.6. The molecule has 1 fully saturated rings. The van der Waals surface area contributed by atoms with E-state index >= 15 is 0 Å². The van der Waals surface area contributed by atoms with Crippen LogP contribution >= 0.6 is 11.6 Å². The molecule has 3 heterocycles. The largest absolute Gasteiger partial charge is 0.476 e. The van der Waals surface area contributed by atoms with Crippen molar-refractivity contribution in [1.29, 1.82) is 5.41 Å². The van der Waals surface area contributed by atoms with Crippen LogP contribution in [-0.2, 0) is 9.47 Å². The van der Waals surface area contributed by atoms with E-state index in [1.165, 1.54) is 0 Å². The Labute approximate surface area is 158 Å². The van der Waals surface area contributed by atoms with Gasteiger partial charge in [-0.3, -0.25) is 5.41 Å². The molecular weight excluding hydrogens is 356 g/mol. The average molecular weight is 381 g/mol.